The lowest BCUT2D eigenvalue weighted by molar-refractivity contribution is -0.159. The van der Waals surface area contributed by atoms with E-state index in [0.717, 1.165) is 24.8 Å². The van der Waals surface area contributed by atoms with Crippen molar-refractivity contribution in [2.45, 2.75) is 96.1 Å². The van der Waals surface area contributed by atoms with Gasteiger partial charge in [-0.3, -0.25) is 4.18 Å². The SMILES string of the molecule is Cc1ccc(S(=O)(=O)OCCOCCOCCN(C(=O)OC(C)(C)C)C23CC4CC(C)(CC(C)(C4)C2)C3)cc1. The number of rotatable bonds is 12. The minimum Gasteiger partial charge on any atom is -0.444 e. The Morgan fingerprint density at radius 3 is 2.03 bits per heavy atom. The molecular weight excluding hydrogens is 518 g/mol. The highest BCUT2D eigenvalue weighted by atomic mass is 32.2. The lowest BCUT2D eigenvalue weighted by Crippen LogP contribution is -2.67. The van der Waals surface area contributed by atoms with E-state index >= 15 is 0 Å². The molecule has 0 spiro atoms. The molecule has 0 N–H and O–H groups in total. The van der Waals surface area contributed by atoms with Gasteiger partial charge < -0.3 is 19.1 Å². The van der Waals surface area contributed by atoms with E-state index in [-0.39, 0.29) is 40.6 Å². The van der Waals surface area contributed by atoms with Crippen LogP contribution in [0.1, 0.15) is 78.7 Å². The van der Waals surface area contributed by atoms with Gasteiger partial charge in [-0.25, -0.2) is 4.79 Å². The Labute approximate surface area is 234 Å². The quantitative estimate of drug-likeness (QED) is 0.236. The molecule has 4 bridgehead atoms. The molecule has 8 nitrogen and oxygen atoms in total. The largest absolute Gasteiger partial charge is 0.444 e. The number of carbonyl (C=O) groups is 1. The lowest BCUT2D eigenvalue weighted by atomic mass is 9.42. The van der Waals surface area contributed by atoms with E-state index in [4.69, 9.17) is 18.4 Å². The molecule has 1 aromatic rings. The fourth-order valence-corrected chi connectivity index (χ4v) is 8.87. The predicted octanol–water partition coefficient (Wildman–Crippen LogP) is 5.72. The van der Waals surface area contributed by atoms with Crippen molar-refractivity contribution in [3.05, 3.63) is 29.8 Å². The molecule has 1 aromatic carbocycles. The predicted molar refractivity (Wildman–Crippen MR) is 149 cm³/mol. The van der Waals surface area contributed by atoms with E-state index < -0.39 is 15.7 Å². The highest BCUT2D eigenvalue weighted by Crippen LogP contribution is 2.67. The molecule has 0 aromatic heterocycles. The van der Waals surface area contributed by atoms with Crippen LogP contribution in [0.25, 0.3) is 0 Å². The maximum Gasteiger partial charge on any atom is 0.410 e. The number of ether oxygens (including phenoxy) is 3. The number of nitrogens with zero attached hydrogens (tertiary/aromatic N) is 1. The summed E-state index contributed by atoms with van der Waals surface area (Å²) in [6.45, 7) is 14.0. The average molecular weight is 566 g/mol. The average Bonchev–Trinajstić information content (AvgIpc) is 2.76. The van der Waals surface area contributed by atoms with Gasteiger partial charge in [0, 0.05) is 12.1 Å². The van der Waals surface area contributed by atoms with Gasteiger partial charge >= 0.3 is 6.09 Å². The molecule has 0 radical (unpaired) electrons. The minimum absolute atomic E-state index is 0.0656. The molecule has 2 atom stereocenters. The van der Waals surface area contributed by atoms with Crippen LogP contribution in [0.5, 0.6) is 0 Å². The van der Waals surface area contributed by atoms with Crippen molar-refractivity contribution in [1.82, 2.24) is 4.90 Å². The molecule has 1 amide bonds. The fraction of sp³-hybridized carbons (Fsp3) is 0.767. The third kappa shape index (κ3) is 7.54. The first-order chi connectivity index (χ1) is 18.1. The minimum atomic E-state index is -3.80. The third-order valence-corrected chi connectivity index (χ3v) is 9.72. The summed E-state index contributed by atoms with van der Waals surface area (Å²) < 4.78 is 46.8. The topological polar surface area (TPSA) is 91.4 Å². The van der Waals surface area contributed by atoms with Crippen molar-refractivity contribution in [3.8, 4) is 0 Å². The van der Waals surface area contributed by atoms with Crippen molar-refractivity contribution in [2.75, 3.05) is 39.6 Å². The van der Waals surface area contributed by atoms with Crippen molar-refractivity contribution < 1.29 is 31.6 Å². The van der Waals surface area contributed by atoms with Crippen LogP contribution in [0.15, 0.2) is 29.2 Å². The third-order valence-electron chi connectivity index (χ3n) is 8.39. The number of amides is 1. The summed E-state index contributed by atoms with van der Waals surface area (Å²) in [4.78, 5) is 15.6. The fourth-order valence-electron chi connectivity index (χ4n) is 7.98. The van der Waals surface area contributed by atoms with Crippen LogP contribution in [0.3, 0.4) is 0 Å². The first kappa shape index (κ1) is 30.3. The molecule has 4 fully saturated rings. The van der Waals surface area contributed by atoms with E-state index in [2.05, 4.69) is 13.8 Å². The summed E-state index contributed by atoms with van der Waals surface area (Å²) >= 11 is 0. The van der Waals surface area contributed by atoms with Crippen LogP contribution in [0.4, 0.5) is 4.79 Å². The van der Waals surface area contributed by atoms with E-state index in [9.17, 15) is 13.2 Å². The van der Waals surface area contributed by atoms with E-state index in [1.807, 2.05) is 32.6 Å². The lowest BCUT2D eigenvalue weighted by Gasteiger charge is -2.67. The zero-order chi connectivity index (χ0) is 28.5. The molecule has 0 aliphatic heterocycles. The smallest absolute Gasteiger partial charge is 0.410 e. The monoisotopic (exact) mass is 565 g/mol. The first-order valence-corrected chi connectivity index (χ1v) is 15.7. The molecule has 4 aliphatic carbocycles. The van der Waals surface area contributed by atoms with Crippen molar-refractivity contribution in [2.24, 2.45) is 16.7 Å². The number of benzene rings is 1. The Bertz CT molecular complexity index is 1090. The van der Waals surface area contributed by atoms with E-state index in [0.29, 0.717) is 32.3 Å². The Kier molecular flexibility index (Phi) is 8.77. The van der Waals surface area contributed by atoms with Crippen molar-refractivity contribution in [3.63, 3.8) is 0 Å². The van der Waals surface area contributed by atoms with Gasteiger partial charge in [-0.1, -0.05) is 31.5 Å². The van der Waals surface area contributed by atoms with Crippen LogP contribution >= 0.6 is 0 Å². The second-order valence-electron chi connectivity index (χ2n) is 13.8. The molecule has 4 aliphatic rings. The molecule has 9 heteroatoms. The summed E-state index contributed by atoms with van der Waals surface area (Å²) in [7, 11) is -3.80. The second kappa shape index (κ2) is 11.3. The van der Waals surface area contributed by atoms with Gasteiger partial charge in [-0.2, -0.15) is 8.42 Å². The van der Waals surface area contributed by atoms with Crippen LogP contribution in [-0.2, 0) is 28.5 Å². The van der Waals surface area contributed by atoms with Gasteiger partial charge in [-0.15, -0.1) is 0 Å². The number of hydrogen-bond acceptors (Lipinski definition) is 7. The summed E-state index contributed by atoms with van der Waals surface area (Å²) in [5.74, 6) is 0.660. The van der Waals surface area contributed by atoms with Gasteiger partial charge in [0.1, 0.15) is 5.60 Å². The summed E-state index contributed by atoms with van der Waals surface area (Å²) in [6, 6.07) is 6.53. The van der Waals surface area contributed by atoms with Gasteiger partial charge in [0.15, 0.2) is 0 Å². The standard InChI is InChI=1S/C30H47NO7S/c1-23-7-9-25(10-8-23)39(33,34)37-16-15-36-14-13-35-12-11-31(26(32)38-27(2,3)4)30-19-24-17-28(5,21-30)20-29(6,18-24)22-30/h7-10,24H,11-22H2,1-6H3. The second-order valence-corrected chi connectivity index (χ2v) is 15.4. The zero-order valence-electron chi connectivity index (χ0n) is 24.6. The van der Waals surface area contributed by atoms with Crippen LogP contribution in [0.2, 0.25) is 0 Å². The van der Waals surface area contributed by atoms with Crippen molar-refractivity contribution in [1.29, 1.82) is 0 Å². The normalized spacial score (nSPS) is 29.9. The van der Waals surface area contributed by atoms with Gasteiger partial charge in [0.05, 0.1) is 37.9 Å². The summed E-state index contributed by atoms with van der Waals surface area (Å²) in [6.07, 6.45) is 6.62. The molecule has 5 rings (SSSR count). The Hall–Kier alpha value is -1.68. The summed E-state index contributed by atoms with van der Waals surface area (Å²) in [5, 5.41) is 0. The van der Waals surface area contributed by atoms with E-state index in [1.54, 1.807) is 12.1 Å². The molecule has 0 heterocycles. The highest BCUT2D eigenvalue weighted by Gasteiger charge is 2.63. The van der Waals surface area contributed by atoms with E-state index in [1.165, 1.54) is 31.4 Å². The first-order valence-electron chi connectivity index (χ1n) is 14.3. The molecule has 39 heavy (non-hydrogen) atoms. The maximum absolute atomic E-state index is 13.5. The zero-order valence-corrected chi connectivity index (χ0v) is 25.4. The molecule has 220 valence electrons. The van der Waals surface area contributed by atoms with Gasteiger partial charge in [0.2, 0.25) is 0 Å². The molecule has 0 saturated heterocycles. The van der Waals surface area contributed by atoms with Crippen LogP contribution in [0, 0.1) is 23.7 Å². The number of aryl methyl sites for hydroxylation is 1. The maximum atomic E-state index is 13.5. The molecular formula is C30H47NO7S. The van der Waals surface area contributed by atoms with Crippen molar-refractivity contribution >= 4 is 16.2 Å². The molecule has 2 unspecified atom stereocenters. The Morgan fingerprint density at radius 2 is 1.46 bits per heavy atom. The number of hydrogen-bond donors (Lipinski definition) is 0. The Morgan fingerprint density at radius 1 is 0.897 bits per heavy atom. The Balaban J connectivity index is 1.24. The highest BCUT2D eigenvalue weighted by molar-refractivity contribution is 7.86. The summed E-state index contributed by atoms with van der Waals surface area (Å²) in [5.41, 5.74) is 0.796. The van der Waals surface area contributed by atoms with Gasteiger partial charge in [0.25, 0.3) is 10.1 Å². The van der Waals surface area contributed by atoms with Gasteiger partial charge in [-0.05, 0) is 95.1 Å². The number of carbonyl (C=O) groups excluding carboxylic acids is 1. The van der Waals surface area contributed by atoms with Crippen LogP contribution in [-0.4, -0.2) is 70.1 Å². The van der Waals surface area contributed by atoms with Crippen LogP contribution < -0.4 is 0 Å². The molecule has 4 saturated carbocycles.